The molecule has 1 aromatic rings. The highest BCUT2D eigenvalue weighted by Crippen LogP contribution is 2.26. The van der Waals surface area contributed by atoms with Crippen LogP contribution in [0.1, 0.15) is 45.5 Å². The van der Waals surface area contributed by atoms with Crippen molar-refractivity contribution >= 4 is 37.1 Å². The van der Waals surface area contributed by atoms with E-state index in [1.807, 2.05) is 33.8 Å². The van der Waals surface area contributed by atoms with Crippen molar-refractivity contribution in [2.45, 2.75) is 48.0 Å². The fourth-order valence-corrected chi connectivity index (χ4v) is 0.785. The predicted molar refractivity (Wildman–Crippen MR) is 107 cm³/mol. The molecule has 0 unspecified atom stereocenters. The maximum absolute atomic E-state index is 7.56. The van der Waals surface area contributed by atoms with Crippen LogP contribution >= 0.6 is 13.4 Å². The van der Waals surface area contributed by atoms with Gasteiger partial charge in [0.1, 0.15) is 0 Å². The average Bonchev–Trinajstić information content (AvgIpc) is 2.37. The third-order valence-corrected chi connectivity index (χ3v) is 1.14. The quantitative estimate of drug-likeness (QED) is 0.355. The van der Waals surface area contributed by atoms with E-state index in [2.05, 4.69) is 47.4 Å². The molecule has 0 aliphatic heterocycles. The SMILES string of the molecule is CC.CCC.COc1nc(C)cc(C)n1.OP(O)(O)=S.OP(O)(O)=S. The van der Waals surface area contributed by atoms with Crippen LogP contribution < -0.4 is 4.74 Å². The molecule has 0 atom stereocenters. The molecule has 0 saturated carbocycles. The summed E-state index contributed by atoms with van der Waals surface area (Å²) in [4.78, 5) is 53.4. The zero-order valence-corrected chi connectivity index (χ0v) is 18.9. The third kappa shape index (κ3) is 59.3. The van der Waals surface area contributed by atoms with Gasteiger partial charge in [-0.3, -0.25) is 0 Å². The van der Waals surface area contributed by atoms with Crippen molar-refractivity contribution < 1.29 is 34.1 Å². The van der Waals surface area contributed by atoms with Crippen LogP contribution in [0, 0.1) is 13.8 Å². The van der Waals surface area contributed by atoms with Crippen molar-refractivity contribution in [3.8, 4) is 6.01 Å². The summed E-state index contributed by atoms with van der Waals surface area (Å²) < 4.78 is 4.85. The van der Waals surface area contributed by atoms with Gasteiger partial charge in [0.25, 0.3) is 0 Å². The largest absolute Gasteiger partial charge is 0.467 e. The summed E-state index contributed by atoms with van der Waals surface area (Å²) in [7, 11) is 1.56. The first kappa shape index (κ1) is 32.6. The Labute approximate surface area is 159 Å². The molecule has 9 nitrogen and oxygen atoms in total. The van der Waals surface area contributed by atoms with Crippen molar-refractivity contribution in [3.05, 3.63) is 17.5 Å². The summed E-state index contributed by atoms with van der Waals surface area (Å²) in [5.41, 5.74) is 1.87. The molecule has 0 fully saturated rings. The van der Waals surface area contributed by atoms with Crippen LogP contribution in [0.2, 0.25) is 0 Å². The van der Waals surface area contributed by atoms with Crippen molar-refractivity contribution in [2.75, 3.05) is 7.11 Å². The van der Waals surface area contributed by atoms with Gasteiger partial charge in [-0.25, -0.2) is 9.97 Å². The first-order valence-electron chi connectivity index (χ1n) is 7.06. The Morgan fingerprint density at radius 3 is 1.24 bits per heavy atom. The fourth-order valence-electron chi connectivity index (χ4n) is 0.785. The number of nitrogens with zero attached hydrogens (tertiary/aromatic N) is 2. The highest BCUT2D eigenvalue weighted by molar-refractivity contribution is 8.06. The molecule has 0 saturated heterocycles. The van der Waals surface area contributed by atoms with Gasteiger partial charge in [-0.15, -0.1) is 0 Å². The molecule has 0 aromatic carbocycles. The molecule has 0 aliphatic carbocycles. The molecule has 0 radical (unpaired) electrons. The number of rotatable bonds is 1. The lowest BCUT2D eigenvalue weighted by Gasteiger charge is -1.99. The van der Waals surface area contributed by atoms with Crippen LogP contribution in [-0.2, 0) is 23.6 Å². The van der Waals surface area contributed by atoms with E-state index in [-0.39, 0.29) is 0 Å². The maximum Gasteiger partial charge on any atom is 0.319 e. The molecule has 0 amide bonds. The van der Waals surface area contributed by atoms with Gasteiger partial charge >= 0.3 is 19.4 Å². The number of aryl methyl sites for hydroxylation is 2. The van der Waals surface area contributed by atoms with Gasteiger partial charge in [0.2, 0.25) is 0 Å². The summed E-state index contributed by atoms with van der Waals surface area (Å²) in [5, 5.41) is 0. The van der Waals surface area contributed by atoms with E-state index in [0.29, 0.717) is 6.01 Å². The monoisotopic (exact) mass is 440 g/mol. The highest BCUT2D eigenvalue weighted by atomic mass is 32.5. The van der Waals surface area contributed by atoms with E-state index in [1.165, 1.54) is 6.42 Å². The molecule has 25 heavy (non-hydrogen) atoms. The van der Waals surface area contributed by atoms with E-state index < -0.39 is 13.4 Å². The first-order valence-corrected chi connectivity index (χ1v) is 12.4. The number of aromatic nitrogens is 2. The van der Waals surface area contributed by atoms with Crippen LogP contribution in [0.25, 0.3) is 0 Å². The van der Waals surface area contributed by atoms with Crippen LogP contribution in [0.5, 0.6) is 6.01 Å². The molecule has 0 bridgehead atoms. The number of ether oxygens (including phenoxy) is 1. The van der Waals surface area contributed by atoms with Crippen molar-refractivity contribution in [2.24, 2.45) is 0 Å². The minimum absolute atomic E-state index is 0.442. The summed E-state index contributed by atoms with van der Waals surface area (Å²) in [6.07, 6.45) is 1.25. The average molecular weight is 440 g/mol. The Morgan fingerprint density at radius 1 is 0.880 bits per heavy atom. The van der Waals surface area contributed by atoms with Crippen molar-refractivity contribution in [3.63, 3.8) is 0 Å². The van der Waals surface area contributed by atoms with Gasteiger partial charge in [0.15, 0.2) is 0 Å². The lowest BCUT2D eigenvalue weighted by atomic mass is 10.4. The molecule has 0 aliphatic rings. The van der Waals surface area contributed by atoms with Crippen LogP contribution in [0.4, 0.5) is 0 Å². The van der Waals surface area contributed by atoms with E-state index in [0.717, 1.165) is 11.4 Å². The predicted octanol–water partition coefficient (Wildman–Crippen LogP) is 1.92. The maximum atomic E-state index is 7.56. The minimum Gasteiger partial charge on any atom is -0.467 e. The Morgan fingerprint density at radius 2 is 1.08 bits per heavy atom. The summed E-state index contributed by atoms with van der Waals surface area (Å²) in [6.45, 7) is 4.47. The molecule has 152 valence electrons. The molecule has 1 heterocycles. The summed E-state index contributed by atoms with van der Waals surface area (Å²) >= 11 is 7.21. The zero-order chi connectivity index (χ0) is 21.3. The van der Waals surface area contributed by atoms with Gasteiger partial charge in [-0.05, 0) is 43.5 Å². The fraction of sp³-hybridized carbons (Fsp3) is 0.667. The van der Waals surface area contributed by atoms with Gasteiger partial charge in [0.05, 0.1) is 7.11 Å². The van der Waals surface area contributed by atoms with E-state index in [1.54, 1.807) is 7.11 Å². The summed E-state index contributed by atoms with van der Waals surface area (Å²) in [6, 6.07) is 2.35. The van der Waals surface area contributed by atoms with Crippen molar-refractivity contribution in [1.29, 1.82) is 0 Å². The van der Waals surface area contributed by atoms with Crippen LogP contribution in [0.15, 0.2) is 6.07 Å². The standard InChI is InChI=1S/C7H10N2O.C3H8.C2H6.2H3O3PS/c1-5-4-6(2)9-7(8-5)10-3;1-3-2;1-2;2*1-4(2,3)5/h4H,1-3H3;3H2,1-2H3;1-2H3;2*(H3,1,2,3,5). The molecular weight excluding hydrogens is 410 g/mol. The Kier molecular flexibility index (Phi) is 24.4. The van der Waals surface area contributed by atoms with Gasteiger partial charge in [-0.1, -0.05) is 34.1 Å². The molecule has 0 spiro atoms. The van der Waals surface area contributed by atoms with Crippen LogP contribution in [0.3, 0.4) is 0 Å². The molecule has 1 aromatic heterocycles. The molecular formula is C12H30N2O7P2S2. The van der Waals surface area contributed by atoms with E-state index in [9.17, 15) is 0 Å². The lowest BCUT2D eigenvalue weighted by Crippen LogP contribution is -1.95. The second kappa shape index (κ2) is 18.7. The van der Waals surface area contributed by atoms with E-state index >= 15 is 0 Å². The Bertz CT molecular complexity index is 467. The number of hydrogen-bond donors (Lipinski definition) is 6. The van der Waals surface area contributed by atoms with E-state index in [4.69, 9.17) is 34.1 Å². The van der Waals surface area contributed by atoms with Gasteiger partial charge in [0, 0.05) is 11.4 Å². The van der Waals surface area contributed by atoms with Gasteiger partial charge in [-0.2, -0.15) is 0 Å². The zero-order valence-electron chi connectivity index (χ0n) is 15.5. The van der Waals surface area contributed by atoms with Crippen LogP contribution in [-0.4, -0.2) is 46.4 Å². The molecule has 6 N–H and O–H groups in total. The number of methoxy groups -OCH3 is 1. The first-order chi connectivity index (χ1) is 11.1. The second-order valence-electron chi connectivity index (χ2n) is 3.87. The smallest absolute Gasteiger partial charge is 0.319 e. The van der Waals surface area contributed by atoms with Crippen molar-refractivity contribution in [1.82, 2.24) is 9.97 Å². The minimum atomic E-state index is -3.81. The normalized spacial score (nSPS) is 9.48. The Hall–Kier alpha value is -0.0600. The Balaban J connectivity index is -0.000000126. The van der Waals surface area contributed by atoms with Gasteiger partial charge < -0.3 is 34.1 Å². The molecule has 1 rings (SSSR count). The molecule has 13 heteroatoms. The second-order valence-corrected chi connectivity index (χ2v) is 8.86. The lowest BCUT2D eigenvalue weighted by molar-refractivity contribution is 0.361. The topological polar surface area (TPSA) is 156 Å². The third-order valence-electron chi connectivity index (χ3n) is 1.14. The number of hydrogen-bond acceptors (Lipinski definition) is 5. The summed E-state index contributed by atoms with van der Waals surface area (Å²) in [5.74, 6) is 0. The highest BCUT2D eigenvalue weighted by Gasteiger charge is 1.95.